The first-order valence-electron chi connectivity index (χ1n) is 4.53. The molecule has 0 spiro atoms. The highest BCUT2D eigenvalue weighted by Crippen LogP contribution is 2.30. The molecule has 2 aromatic heterocycles. The van der Waals surface area contributed by atoms with Crippen molar-refractivity contribution in [3.63, 3.8) is 0 Å². The Morgan fingerprint density at radius 3 is 2.44 bits per heavy atom. The third-order valence-corrected chi connectivity index (χ3v) is 2.17. The minimum absolute atomic E-state index is 0.319. The Kier molecular flexibility index (Phi) is 2.41. The molecule has 0 aliphatic rings. The Hall–Kier alpha value is -1.85. The van der Waals surface area contributed by atoms with Crippen LogP contribution in [0.1, 0.15) is 11.4 Å². The van der Waals surface area contributed by atoms with E-state index in [0.717, 1.165) is 6.07 Å². The Morgan fingerprint density at radius 1 is 1.19 bits per heavy atom. The van der Waals surface area contributed by atoms with Crippen LogP contribution in [-0.4, -0.2) is 15.2 Å². The molecule has 2 heterocycles. The summed E-state index contributed by atoms with van der Waals surface area (Å²) in [4.78, 5) is 3.53. The molecule has 0 aliphatic heterocycles. The lowest BCUT2D eigenvalue weighted by Gasteiger charge is -2.08. The maximum absolute atomic E-state index is 12.4. The van der Waals surface area contributed by atoms with Gasteiger partial charge in [-0.3, -0.25) is 5.10 Å². The maximum atomic E-state index is 12.4. The second-order valence-electron chi connectivity index (χ2n) is 3.30. The summed E-state index contributed by atoms with van der Waals surface area (Å²) in [7, 11) is 0. The maximum Gasteiger partial charge on any atom is 0.433 e. The van der Waals surface area contributed by atoms with Crippen molar-refractivity contribution in [3.8, 4) is 11.3 Å². The van der Waals surface area contributed by atoms with Crippen LogP contribution in [0, 0.1) is 6.92 Å². The largest absolute Gasteiger partial charge is 0.433 e. The molecule has 0 fully saturated rings. The predicted molar refractivity (Wildman–Crippen MR) is 51.6 cm³/mol. The highest BCUT2D eigenvalue weighted by Gasteiger charge is 2.32. The number of hydrogen-bond acceptors (Lipinski definition) is 2. The van der Waals surface area contributed by atoms with Gasteiger partial charge in [-0.15, -0.1) is 0 Å². The fourth-order valence-corrected chi connectivity index (χ4v) is 1.41. The third kappa shape index (κ3) is 1.91. The highest BCUT2D eigenvalue weighted by atomic mass is 19.4. The van der Waals surface area contributed by atoms with Crippen molar-refractivity contribution in [2.24, 2.45) is 0 Å². The van der Waals surface area contributed by atoms with Gasteiger partial charge in [-0.1, -0.05) is 0 Å². The zero-order valence-corrected chi connectivity index (χ0v) is 8.34. The lowest BCUT2D eigenvalue weighted by atomic mass is 10.1. The lowest BCUT2D eigenvalue weighted by Crippen LogP contribution is -2.08. The van der Waals surface area contributed by atoms with E-state index >= 15 is 0 Å². The number of halogens is 3. The van der Waals surface area contributed by atoms with Crippen LogP contribution in [0.5, 0.6) is 0 Å². The van der Waals surface area contributed by atoms with Crippen molar-refractivity contribution in [1.82, 2.24) is 15.2 Å². The van der Waals surface area contributed by atoms with E-state index in [1.54, 1.807) is 6.07 Å². The van der Waals surface area contributed by atoms with E-state index in [1.807, 2.05) is 0 Å². The second-order valence-corrected chi connectivity index (χ2v) is 3.30. The highest BCUT2D eigenvalue weighted by molar-refractivity contribution is 5.61. The second kappa shape index (κ2) is 3.62. The van der Waals surface area contributed by atoms with E-state index in [1.165, 1.54) is 19.2 Å². The molecule has 0 aromatic carbocycles. The summed E-state index contributed by atoms with van der Waals surface area (Å²) < 4.78 is 37.1. The van der Waals surface area contributed by atoms with Crippen molar-refractivity contribution in [3.05, 3.63) is 35.8 Å². The smallest absolute Gasteiger partial charge is 0.278 e. The van der Waals surface area contributed by atoms with Gasteiger partial charge < -0.3 is 0 Å². The summed E-state index contributed by atoms with van der Waals surface area (Å²) in [5, 5.41) is 6.42. The SMILES string of the molecule is Cc1nc(C(F)(F)F)ccc1-c1ccn[nH]1. The van der Waals surface area contributed by atoms with Gasteiger partial charge in [0.05, 0.1) is 5.69 Å². The fourth-order valence-electron chi connectivity index (χ4n) is 1.41. The summed E-state index contributed by atoms with van der Waals surface area (Å²) in [5.41, 5.74) is 0.705. The minimum Gasteiger partial charge on any atom is -0.278 e. The van der Waals surface area contributed by atoms with Crippen LogP contribution < -0.4 is 0 Å². The van der Waals surface area contributed by atoms with Crippen molar-refractivity contribution < 1.29 is 13.2 Å². The van der Waals surface area contributed by atoms with Crippen molar-refractivity contribution in [2.75, 3.05) is 0 Å². The van der Waals surface area contributed by atoms with Crippen LogP contribution in [0.4, 0.5) is 13.2 Å². The third-order valence-electron chi connectivity index (χ3n) is 2.17. The van der Waals surface area contributed by atoms with Crippen LogP contribution in [0.3, 0.4) is 0 Å². The predicted octanol–water partition coefficient (Wildman–Crippen LogP) is 2.80. The molecule has 0 bridgehead atoms. The Labute approximate surface area is 89.3 Å². The number of pyridine rings is 1. The molecule has 0 saturated carbocycles. The van der Waals surface area contributed by atoms with Crippen LogP contribution in [0.15, 0.2) is 24.4 Å². The molecule has 0 atom stereocenters. The number of aryl methyl sites for hydroxylation is 1. The van der Waals surface area contributed by atoms with Gasteiger partial charge in [0.2, 0.25) is 0 Å². The summed E-state index contributed by atoms with van der Waals surface area (Å²) >= 11 is 0. The minimum atomic E-state index is -4.41. The molecular formula is C10H8F3N3. The number of aromatic amines is 1. The molecule has 6 heteroatoms. The van der Waals surface area contributed by atoms with E-state index in [4.69, 9.17) is 0 Å². The Balaban J connectivity index is 2.46. The summed E-state index contributed by atoms with van der Waals surface area (Å²) in [6.45, 7) is 1.53. The van der Waals surface area contributed by atoms with Gasteiger partial charge in [0.25, 0.3) is 0 Å². The molecular weight excluding hydrogens is 219 g/mol. The van der Waals surface area contributed by atoms with Crippen molar-refractivity contribution in [2.45, 2.75) is 13.1 Å². The molecule has 84 valence electrons. The number of hydrogen-bond donors (Lipinski definition) is 1. The fraction of sp³-hybridized carbons (Fsp3) is 0.200. The van der Waals surface area contributed by atoms with E-state index in [2.05, 4.69) is 15.2 Å². The first-order chi connectivity index (χ1) is 7.48. The monoisotopic (exact) mass is 227 g/mol. The van der Waals surface area contributed by atoms with Gasteiger partial charge in [-0.05, 0) is 25.1 Å². The zero-order valence-electron chi connectivity index (χ0n) is 8.34. The van der Waals surface area contributed by atoms with Crippen LogP contribution >= 0.6 is 0 Å². The van der Waals surface area contributed by atoms with Gasteiger partial charge in [-0.2, -0.15) is 18.3 Å². The van der Waals surface area contributed by atoms with E-state index in [9.17, 15) is 13.2 Å². The molecule has 0 radical (unpaired) electrons. The zero-order chi connectivity index (χ0) is 11.8. The van der Waals surface area contributed by atoms with Crippen molar-refractivity contribution in [1.29, 1.82) is 0 Å². The molecule has 3 nitrogen and oxygen atoms in total. The van der Waals surface area contributed by atoms with E-state index < -0.39 is 11.9 Å². The van der Waals surface area contributed by atoms with Gasteiger partial charge in [0.15, 0.2) is 0 Å². The molecule has 1 N–H and O–H groups in total. The standard InChI is InChI=1S/C10H8F3N3/c1-6-7(8-4-5-14-16-8)2-3-9(15-6)10(11,12)13/h2-5H,1H3,(H,14,16). The molecule has 0 saturated heterocycles. The average molecular weight is 227 g/mol. The van der Waals surface area contributed by atoms with E-state index in [-0.39, 0.29) is 0 Å². The topological polar surface area (TPSA) is 41.6 Å². The summed E-state index contributed by atoms with van der Waals surface area (Å²) in [6.07, 6.45) is -2.87. The normalized spacial score (nSPS) is 11.8. The van der Waals surface area contributed by atoms with Crippen LogP contribution in [-0.2, 0) is 6.18 Å². The first-order valence-corrected chi connectivity index (χ1v) is 4.53. The van der Waals surface area contributed by atoms with Crippen LogP contribution in [0.25, 0.3) is 11.3 Å². The number of alkyl halides is 3. The number of rotatable bonds is 1. The van der Waals surface area contributed by atoms with E-state index in [0.29, 0.717) is 17.0 Å². The van der Waals surface area contributed by atoms with Gasteiger partial charge in [0.1, 0.15) is 5.69 Å². The van der Waals surface area contributed by atoms with Crippen LogP contribution in [0.2, 0.25) is 0 Å². The Morgan fingerprint density at radius 2 is 1.94 bits per heavy atom. The Bertz CT molecular complexity index is 489. The van der Waals surface area contributed by atoms with Gasteiger partial charge >= 0.3 is 6.18 Å². The van der Waals surface area contributed by atoms with Gasteiger partial charge in [0, 0.05) is 17.5 Å². The quantitative estimate of drug-likeness (QED) is 0.813. The summed E-state index contributed by atoms with van der Waals surface area (Å²) in [6, 6.07) is 4.03. The summed E-state index contributed by atoms with van der Waals surface area (Å²) in [5.74, 6) is 0. The molecule has 0 amide bonds. The molecule has 0 aliphatic carbocycles. The number of aromatic nitrogens is 3. The van der Waals surface area contributed by atoms with Crippen molar-refractivity contribution >= 4 is 0 Å². The number of nitrogens with zero attached hydrogens (tertiary/aromatic N) is 2. The lowest BCUT2D eigenvalue weighted by molar-refractivity contribution is -0.141. The first kappa shape index (κ1) is 10.7. The molecule has 0 unspecified atom stereocenters. The molecule has 2 rings (SSSR count). The molecule has 16 heavy (non-hydrogen) atoms. The average Bonchev–Trinajstić information content (AvgIpc) is 2.69. The number of H-pyrrole nitrogens is 1. The number of nitrogens with one attached hydrogen (secondary N) is 1. The van der Waals surface area contributed by atoms with Gasteiger partial charge in [-0.25, -0.2) is 4.98 Å². The molecule has 2 aromatic rings.